The van der Waals surface area contributed by atoms with E-state index in [9.17, 15) is 0 Å². The van der Waals surface area contributed by atoms with Crippen LogP contribution in [0.5, 0.6) is 0 Å². The van der Waals surface area contributed by atoms with Crippen LogP contribution in [0.1, 0.15) is 39.5 Å². The molecular formula is C13H26N2O. The summed E-state index contributed by atoms with van der Waals surface area (Å²) in [5.41, 5.74) is -0.0393. The van der Waals surface area contributed by atoms with Crippen molar-refractivity contribution in [3.05, 3.63) is 0 Å². The third-order valence-electron chi connectivity index (χ3n) is 4.47. The summed E-state index contributed by atoms with van der Waals surface area (Å²) in [5.74, 6) is 0. The summed E-state index contributed by atoms with van der Waals surface area (Å²) in [6, 6.07) is 2.34. The number of piperidine rings is 1. The summed E-state index contributed by atoms with van der Waals surface area (Å²) in [6.45, 7) is 5.24. The van der Waals surface area contributed by atoms with Crippen LogP contribution < -0.4 is 5.32 Å². The molecule has 0 spiro atoms. The van der Waals surface area contributed by atoms with Crippen molar-refractivity contribution in [1.82, 2.24) is 10.2 Å². The molecule has 2 rings (SSSR count). The first-order valence-corrected chi connectivity index (χ1v) is 6.52. The quantitative estimate of drug-likeness (QED) is 0.788. The van der Waals surface area contributed by atoms with E-state index in [4.69, 9.17) is 4.74 Å². The molecule has 2 heterocycles. The molecule has 0 radical (unpaired) electrons. The molecule has 0 aliphatic carbocycles. The molecule has 0 aromatic carbocycles. The van der Waals surface area contributed by atoms with E-state index < -0.39 is 0 Å². The Balaban J connectivity index is 1.81. The molecule has 0 aromatic rings. The van der Waals surface area contributed by atoms with Crippen molar-refractivity contribution in [2.45, 2.75) is 63.3 Å². The van der Waals surface area contributed by atoms with Crippen LogP contribution in [0.4, 0.5) is 0 Å². The SMILES string of the molecule is COC(C)(C)CNC1CC2CCC(C1)N2C. The van der Waals surface area contributed by atoms with E-state index in [1.807, 2.05) is 0 Å². The molecule has 3 nitrogen and oxygen atoms in total. The summed E-state index contributed by atoms with van der Waals surface area (Å²) >= 11 is 0. The molecule has 2 saturated heterocycles. The van der Waals surface area contributed by atoms with Crippen LogP contribution in [0.15, 0.2) is 0 Å². The summed E-state index contributed by atoms with van der Waals surface area (Å²) in [4.78, 5) is 2.58. The van der Waals surface area contributed by atoms with Crippen molar-refractivity contribution in [3.8, 4) is 0 Å². The fourth-order valence-electron chi connectivity index (χ4n) is 3.04. The maximum atomic E-state index is 5.45. The Hall–Kier alpha value is -0.120. The summed E-state index contributed by atoms with van der Waals surface area (Å²) in [7, 11) is 4.08. The first-order chi connectivity index (χ1) is 7.52. The van der Waals surface area contributed by atoms with E-state index in [0.717, 1.165) is 18.6 Å². The molecule has 0 saturated carbocycles. The van der Waals surface area contributed by atoms with Gasteiger partial charge in [-0.05, 0) is 46.6 Å². The number of nitrogens with zero attached hydrogens (tertiary/aromatic N) is 1. The Labute approximate surface area is 99.5 Å². The Kier molecular flexibility index (Phi) is 3.57. The minimum atomic E-state index is -0.0393. The van der Waals surface area contributed by atoms with Crippen molar-refractivity contribution >= 4 is 0 Å². The molecule has 2 bridgehead atoms. The van der Waals surface area contributed by atoms with E-state index in [0.29, 0.717) is 6.04 Å². The van der Waals surface area contributed by atoms with Gasteiger partial charge in [0, 0.05) is 31.8 Å². The number of hydrogen-bond donors (Lipinski definition) is 1. The molecule has 94 valence electrons. The van der Waals surface area contributed by atoms with E-state index in [1.165, 1.54) is 25.7 Å². The number of methoxy groups -OCH3 is 1. The minimum Gasteiger partial charge on any atom is -0.377 e. The highest BCUT2D eigenvalue weighted by Crippen LogP contribution is 2.34. The average Bonchev–Trinajstić information content (AvgIpc) is 2.51. The summed E-state index contributed by atoms with van der Waals surface area (Å²) < 4.78 is 5.45. The number of rotatable bonds is 4. The maximum Gasteiger partial charge on any atom is 0.0746 e. The highest BCUT2D eigenvalue weighted by Gasteiger charge is 2.38. The number of hydrogen-bond acceptors (Lipinski definition) is 3. The van der Waals surface area contributed by atoms with E-state index in [-0.39, 0.29) is 5.60 Å². The zero-order valence-electron chi connectivity index (χ0n) is 11.1. The summed E-state index contributed by atoms with van der Waals surface area (Å²) in [6.07, 6.45) is 5.42. The second-order valence-electron chi connectivity index (χ2n) is 6.06. The van der Waals surface area contributed by atoms with Crippen molar-refractivity contribution in [3.63, 3.8) is 0 Å². The van der Waals surface area contributed by atoms with Crippen LogP contribution in [-0.4, -0.2) is 49.3 Å². The fraction of sp³-hybridized carbons (Fsp3) is 1.00. The van der Waals surface area contributed by atoms with Crippen molar-refractivity contribution < 1.29 is 4.74 Å². The Morgan fingerprint density at radius 2 is 1.81 bits per heavy atom. The highest BCUT2D eigenvalue weighted by atomic mass is 16.5. The molecule has 16 heavy (non-hydrogen) atoms. The van der Waals surface area contributed by atoms with E-state index >= 15 is 0 Å². The molecule has 2 aliphatic rings. The second kappa shape index (κ2) is 4.63. The van der Waals surface area contributed by atoms with Gasteiger partial charge in [-0.2, -0.15) is 0 Å². The normalized spacial score (nSPS) is 35.6. The van der Waals surface area contributed by atoms with Gasteiger partial charge in [0.05, 0.1) is 5.60 Å². The average molecular weight is 226 g/mol. The van der Waals surface area contributed by atoms with Gasteiger partial charge in [0.15, 0.2) is 0 Å². The van der Waals surface area contributed by atoms with Crippen molar-refractivity contribution in [2.75, 3.05) is 20.7 Å². The monoisotopic (exact) mass is 226 g/mol. The van der Waals surface area contributed by atoms with Gasteiger partial charge in [0.1, 0.15) is 0 Å². The second-order valence-corrected chi connectivity index (χ2v) is 6.06. The molecule has 2 atom stereocenters. The third kappa shape index (κ3) is 2.58. The molecular weight excluding hydrogens is 200 g/mol. The molecule has 3 heteroatoms. The molecule has 2 unspecified atom stereocenters. The number of nitrogens with one attached hydrogen (secondary N) is 1. The lowest BCUT2D eigenvalue weighted by molar-refractivity contribution is 0.0174. The Morgan fingerprint density at radius 1 is 1.25 bits per heavy atom. The van der Waals surface area contributed by atoms with Crippen LogP contribution in [-0.2, 0) is 4.74 Å². The van der Waals surface area contributed by atoms with Crippen LogP contribution in [0, 0.1) is 0 Å². The number of ether oxygens (including phenoxy) is 1. The first kappa shape index (κ1) is 12.3. The predicted octanol–water partition coefficient (Wildman–Crippen LogP) is 1.63. The first-order valence-electron chi connectivity index (χ1n) is 6.52. The Morgan fingerprint density at radius 3 is 2.31 bits per heavy atom. The third-order valence-corrected chi connectivity index (χ3v) is 4.47. The minimum absolute atomic E-state index is 0.0393. The van der Waals surface area contributed by atoms with Gasteiger partial charge in [-0.25, -0.2) is 0 Å². The van der Waals surface area contributed by atoms with Gasteiger partial charge in [0.2, 0.25) is 0 Å². The van der Waals surface area contributed by atoms with Gasteiger partial charge in [-0.1, -0.05) is 0 Å². The van der Waals surface area contributed by atoms with Gasteiger partial charge in [0.25, 0.3) is 0 Å². The standard InChI is InChI=1S/C13H26N2O/c1-13(2,16-4)9-14-10-7-11-5-6-12(8-10)15(11)3/h10-12,14H,5-9H2,1-4H3. The van der Waals surface area contributed by atoms with Gasteiger partial charge in [-0.3, -0.25) is 0 Å². The predicted molar refractivity (Wildman–Crippen MR) is 66.7 cm³/mol. The number of fused-ring (bicyclic) bond motifs is 2. The van der Waals surface area contributed by atoms with Crippen molar-refractivity contribution in [2.24, 2.45) is 0 Å². The van der Waals surface area contributed by atoms with Gasteiger partial charge < -0.3 is 15.0 Å². The lowest BCUT2D eigenvalue weighted by atomic mass is 9.97. The molecule has 1 N–H and O–H groups in total. The highest BCUT2D eigenvalue weighted by molar-refractivity contribution is 4.96. The van der Waals surface area contributed by atoms with Gasteiger partial charge in [-0.15, -0.1) is 0 Å². The van der Waals surface area contributed by atoms with Crippen LogP contribution >= 0.6 is 0 Å². The largest absolute Gasteiger partial charge is 0.377 e. The topological polar surface area (TPSA) is 24.5 Å². The zero-order valence-corrected chi connectivity index (χ0v) is 11.1. The van der Waals surface area contributed by atoms with Gasteiger partial charge >= 0.3 is 0 Å². The zero-order chi connectivity index (χ0) is 11.8. The lowest BCUT2D eigenvalue weighted by Crippen LogP contribution is -2.50. The molecule has 0 aromatic heterocycles. The smallest absolute Gasteiger partial charge is 0.0746 e. The molecule has 2 aliphatic heterocycles. The fourth-order valence-corrected chi connectivity index (χ4v) is 3.04. The Bertz CT molecular complexity index is 228. The van der Waals surface area contributed by atoms with E-state index in [2.05, 4.69) is 31.1 Å². The maximum absolute atomic E-state index is 5.45. The van der Waals surface area contributed by atoms with Crippen LogP contribution in [0.2, 0.25) is 0 Å². The molecule has 0 amide bonds. The van der Waals surface area contributed by atoms with E-state index in [1.54, 1.807) is 7.11 Å². The molecule has 2 fully saturated rings. The van der Waals surface area contributed by atoms with Crippen LogP contribution in [0.25, 0.3) is 0 Å². The van der Waals surface area contributed by atoms with Crippen LogP contribution in [0.3, 0.4) is 0 Å². The summed E-state index contributed by atoms with van der Waals surface area (Å²) in [5, 5.41) is 3.68. The van der Waals surface area contributed by atoms with Crippen molar-refractivity contribution in [1.29, 1.82) is 0 Å². The lowest BCUT2D eigenvalue weighted by Gasteiger charge is -2.38.